The summed E-state index contributed by atoms with van der Waals surface area (Å²) in [6, 6.07) is 14.1. The molecule has 3 heterocycles. The van der Waals surface area contributed by atoms with Crippen LogP contribution in [0.4, 0.5) is 0 Å². The predicted molar refractivity (Wildman–Crippen MR) is 135 cm³/mol. The molecule has 4 aromatic rings. The van der Waals surface area contributed by atoms with Gasteiger partial charge < -0.3 is 10.6 Å². The molecule has 0 spiro atoms. The lowest BCUT2D eigenvalue weighted by atomic mass is 10.1. The number of fused-ring (bicyclic) bond motifs is 2. The number of likely N-dealkylation sites (tertiary alicyclic amines) is 1. The summed E-state index contributed by atoms with van der Waals surface area (Å²) in [5.74, 6) is 0.116. The second-order valence-corrected chi connectivity index (χ2v) is 11.6. The summed E-state index contributed by atoms with van der Waals surface area (Å²) in [4.78, 5) is 38.1. The van der Waals surface area contributed by atoms with Gasteiger partial charge in [0.1, 0.15) is 5.69 Å². The second-order valence-electron chi connectivity index (χ2n) is 9.27. The van der Waals surface area contributed by atoms with Crippen molar-refractivity contribution >= 4 is 44.7 Å². The zero-order valence-corrected chi connectivity index (χ0v) is 20.6. The van der Waals surface area contributed by atoms with Crippen molar-refractivity contribution in [2.75, 3.05) is 0 Å². The standard InChI is InChI=1S/C26H24N4O2S2/c1-13-5-3-6-15(9-13)24-23(28-14(2)33-24)26(32)30-17(10-16-11-19(16)30)12-21-29-22-18(25(27)31)7-4-8-20(22)34-21/h3-9,16-17,19H,10-12H2,1-2H3,(H2,27,31)/t16-,17+,19+/m1/s1. The van der Waals surface area contributed by atoms with Crippen molar-refractivity contribution in [2.24, 2.45) is 11.7 Å². The molecule has 2 aromatic carbocycles. The van der Waals surface area contributed by atoms with Gasteiger partial charge in [-0.1, -0.05) is 35.9 Å². The van der Waals surface area contributed by atoms with Crippen molar-refractivity contribution < 1.29 is 9.59 Å². The molecule has 2 amide bonds. The Bertz CT molecular complexity index is 1460. The molecule has 0 radical (unpaired) electrons. The van der Waals surface area contributed by atoms with E-state index in [4.69, 9.17) is 10.7 Å². The number of hydrogen-bond donors (Lipinski definition) is 1. The SMILES string of the molecule is Cc1cccc(-c2sc(C)nc2C(=O)N2[C@H](Cc3nc4c(C(N)=O)cccc4s3)C[C@@H]3C[C@@H]32)c1. The maximum atomic E-state index is 13.9. The van der Waals surface area contributed by atoms with E-state index in [1.54, 1.807) is 28.7 Å². The Morgan fingerprint density at radius 2 is 1.91 bits per heavy atom. The highest BCUT2D eigenvalue weighted by atomic mass is 32.1. The number of hydrogen-bond acceptors (Lipinski definition) is 6. The largest absolute Gasteiger partial charge is 0.366 e. The van der Waals surface area contributed by atoms with Crippen LogP contribution in [-0.4, -0.2) is 38.8 Å². The van der Waals surface area contributed by atoms with Crippen LogP contribution >= 0.6 is 22.7 Å². The molecule has 0 bridgehead atoms. The monoisotopic (exact) mass is 488 g/mol. The fourth-order valence-electron chi connectivity index (χ4n) is 5.22. The summed E-state index contributed by atoms with van der Waals surface area (Å²) in [6.07, 6.45) is 2.73. The number of thiazole rings is 2. The number of piperidine rings is 1. The van der Waals surface area contributed by atoms with E-state index in [0.717, 1.165) is 43.6 Å². The first-order valence-electron chi connectivity index (χ1n) is 11.4. The Hall–Kier alpha value is -3.10. The molecule has 6 rings (SSSR count). The van der Waals surface area contributed by atoms with Gasteiger partial charge in [0.2, 0.25) is 0 Å². The van der Waals surface area contributed by atoms with Crippen molar-refractivity contribution in [1.29, 1.82) is 0 Å². The molecular formula is C26H24N4O2S2. The van der Waals surface area contributed by atoms with Crippen molar-refractivity contribution in [1.82, 2.24) is 14.9 Å². The first kappa shape index (κ1) is 21.4. The number of nitrogens with zero attached hydrogens (tertiary/aromatic N) is 3. The third-order valence-electron chi connectivity index (χ3n) is 6.80. The highest BCUT2D eigenvalue weighted by Gasteiger charge is 2.54. The van der Waals surface area contributed by atoms with Crippen LogP contribution in [0, 0.1) is 19.8 Å². The molecule has 1 saturated heterocycles. The molecule has 1 aliphatic carbocycles. The van der Waals surface area contributed by atoms with Crippen LogP contribution in [0.25, 0.3) is 20.7 Å². The van der Waals surface area contributed by atoms with Gasteiger partial charge in [0.05, 0.1) is 30.7 Å². The first-order chi connectivity index (χ1) is 16.4. The molecule has 0 unspecified atom stereocenters. The predicted octanol–water partition coefficient (Wildman–Crippen LogP) is 4.98. The summed E-state index contributed by atoms with van der Waals surface area (Å²) in [6.45, 7) is 4.02. The van der Waals surface area contributed by atoms with Crippen molar-refractivity contribution in [2.45, 2.75) is 45.2 Å². The number of carbonyl (C=O) groups excluding carboxylic acids is 2. The third-order valence-corrected chi connectivity index (χ3v) is 8.86. The van der Waals surface area contributed by atoms with Crippen molar-refractivity contribution in [3.05, 3.63) is 69.3 Å². The number of amides is 2. The zero-order chi connectivity index (χ0) is 23.6. The Morgan fingerprint density at radius 3 is 2.71 bits per heavy atom. The van der Waals surface area contributed by atoms with Gasteiger partial charge in [0, 0.05) is 18.5 Å². The van der Waals surface area contributed by atoms with Crippen LogP contribution in [0.3, 0.4) is 0 Å². The van der Waals surface area contributed by atoms with Crippen molar-refractivity contribution in [3.63, 3.8) is 0 Å². The maximum Gasteiger partial charge on any atom is 0.274 e. The number of para-hydroxylation sites is 1. The summed E-state index contributed by atoms with van der Waals surface area (Å²) >= 11 is 3.15. The van der Waals surface area contributed by atoms with Gasteiger partial charge in [-0.3, -0.25) is 9.59 Å². The molecule has 2 fully saturated rings. The molecule has 2 aliphatic rings. The average molecular weight is 489 g/mol. The van der Waals surface area contributed by atoms with Gasteiger partial charge in [-0.25, -0.2) is 9.97 Å². The fraction of sp³-hybridized carbons (Fsp3) is 0.308. The number of aromatic nitrogens is 2. The van der Waals surface area contributed by atoms with E-state index < -0.39 is 5.91 Å². The summed E-state index contributed by atoms with van der Waals surface area (Å²) in [7, 11) is 0. The molecule has 6 nitrogen and oxygen atoms in total. The molecule has 34 heavy (non-hydrogen) atoms. The number of benzene rings is 2. The topological polar surface area (TPSA) is 89.2 Å². The third kappa shape index (κ3) is 3.61. The minimum atomic E-state index is -0.469. The van der Waals surface area contributed by atoms with Gasteiger partial charge >= 0.3 is 0 Å². The number of aryl methyl sites for hydroxylation is 2. The van der Waals surface area contributed by atoms with Crippen LogP contribution in [0.5, 0.6) is 0 Å². The van der Waals surface area contributed by atoms with Crippen LogP contribution in [-0.2, 0) is 6.42 Å². The first-order valence-corrected chi connectivity index (χ1v) is 13.1. The minimum absolute atomic E-state index is 0.0230. The van der Waals surface area contributed by atoms with E-state index >= 15 is 0 Å². The number of nitrogens with two attached hydrogens (primary N) is 1. The van der Waals surface area contributed by atoms with Gasteiger partial charge in [-0.05, 0) is 50.3 Å². The Balaban J connectivity index is 1.32. The molecule has 1 aliphatic heterocycles. The Morgan fingerprint density at radius 1 is 1.09 bits per heavy atom. The van der Waals surface area contributed by atoms with Crippen LogP contribution in [0.2, 0.25) is 0 Å². The van der Waals surface area contributed by atoms with E-state index in [2.05, 4.69) is 35.0 Å². The smallest absolute Gasteiger partial charge is 0.274 e. The van der Waals surface area contributed by atoms with Gasteiger partial charge in [-0.2, -0.15) is 0 Å². The van der Waals surface area contributed by atoms with E-state index in [0.29, 0.717) is 35.2 Å². The molecule has 2 N–H and O–H groups in total. The Kier molecular flexibility index (Phi) is 5.04. The van der Waals surface area contributed by atoms with E-state index in [9.17, 15) is 9.59 Å². The fourth-order valence-corrected chi connectivity index (χ4v) is 7.19. The minimum Gasteiger partial charge on any atom is -0.366 e. The van der Waals surface area contributed by atoms with Crippen LogP contribution < -0.4 is 5.73 Å². The van der Waals surface area contributed by atoms with Crippen LogP contribution in [0.1, 0.15) is 49.3 Å². The van der Waals surface area contributed by atoms with E-state index in [1.807, 2.05) is 25.1 Å². The van der Waals surface area contributed by atoms with E-state index in [-0.39, 0.29) is 11.9 Å². The van der Waals surface area contributed by atoms with Crippen molar-refractivity contribution in [3.8, 4) is 10.4 Å². The maximum absolute atomic E-state index is 13.9. The lowest BCUT2D eigenvalue weighted by molar-refractivity contribution is 0.0695. The highest BCUT2D eigenvalue weighted by Crippen LogP contribution is 2.50. The lowest BCUT2D eigenvalue weighted by Crippen LogP contribution is -2.40. The molecular weight excluding hydrogens is 464 g/mol. The summed E-state index contributed by atoms with van der Waals surface area (Å²) in [5, 5.41) is 1.83. The number of primary amides is 1. The Labute approximate surface area is 205 Å². The quantitative estimate of drug-likeness (QED) is 0.429. The summed E-state index contributed by atoms with van der Waals surface area (Å²) < 4.78 is 0.948. The van der Waals surface area contributed by atoms with Gasteiger partial charge in [0.15, 0.2) is 0 Å². The number of carbonyl (C=O) groups is 2. The highest BCUT2D eigenvalue weighted by molar-refractivity contribution is 7.18. The van der Waals surface area contributed by atoms with Crippen LogP contribution in [0.15, 0.2) is 42.5 Å². The van der Waals surface area contributed by atoms with Gasteiger partial charge in [-0.15, -0.1) is 22.7 Å². The average Bonchev–Trinajstić information content (AvgIpc) is 3.12. The molecule has 172 valence electrons. The number of rotatable bonds is 5. The van der Waals surface area contributed by atoms with Gasteiger partial charge in [0.25, 0.3) is 11.8 Å². The molecule has 1 saturated carbocycles. The molecule has 2 aromatic heterocycles. The zero-order valence-electron chi connectivity index (χ0n) is 18.9. The second kappa shape index (κ2) is 7.99. The van der Waals surface area contributed by atoms with E-state index in [1.165, 1.54) is 0 Å². The normalized spacial score (nSPS) is 21.1. The molecule has 8 heteroatoms. The molecule has 3 atom stereocenters. The lowest BCUT2D eigenvalue weighted by Gasteiger charge is -2.27. The summed E-state index contributed by atoms with van der Waals surface area (Å²) in [5.41, 5.74) is 9.42.